The van der Waals surface area contributed by atoms with E-state index in [1.807, 2.05) is 6.92 Å². The van der Waals surface area contributed by atoms with Crippen molar-refractivity contribution in [3.05, 3.63) is 40.7 Å². The summed E-state index contributed by atoms with van der Waals surface area (Å²) < 4.78 is 19.8. The molecule has 8 heteroatoms. The van der Waals surface area contributed by atoms with Crippen molar-refractivity contribution in [3.8, 4) is 0 Å². The summed E-state index contributed by atoms with van der Waals surface area (Å²) in [5.74, 6) is -0.784. The Bertz CT molecular complexity index is 817. The minimum Gasteiger partial charge on any atom is -0.379 e. The first-order valence-corrected chi connectivity index (χ1v) is 8.27. The Morgan fingerprint density at radius 2 is 2.16 bits per heavy atom. The number of hydrogen-bond donors (Lipinski definition) is 1. The molecule has 134 valence electrons. The van der Waals surface area contributed by atoms with Gasteiger partial charge in [-0.25, -0.2) is 9.37 Å². The number of aromatic nitrogens is 2. The van der Waals surface area contributed by atoms with E-state index in [1.54, 1.807) is 0 Å². The number of fused-ring (bicyclic) bond motifs is 1. The van der Waals surface area contributed by atoms with Gasteiger partial charge in [-0.05, 0) is 25.1 Å². The molecule has 1 saturated heterocycles. The van der Waals surface area contributed by atoms with Crippen LogP contribution in [-0.2, 0) is 16.1 Å². The van der Waals surface area contributed by atoms with Crippen molar-refractivity contribution in [1.29, 1.82) is 0 Å². The number of rotatable bonds is 5. The fourth-order valence-corrected chi connectivity index (χ4v) is 2.94. The Morgan fingerprint density at radius 3 is 2.92 bits per heavy atom. The van der Waals surface area contributed by atoms with Crippen LogP contribution in [0.5, 0.6) is 0 Å². The molecule has 1 aromatic heterocycles. The van der Waals surface area contributed by atoms with Gasteiger partial charge in [-0.2, -0.15) is 0 Å². The van der Waals surface area contributed by atoms with Gasteiger partial charge in [-0.3, -0.25) is 19.1 Å². The van der Waals surface area contributed by atoms with Crippen molar-refractivity contribution in [1.82, 2.24) is 19.8 Å². The quantitative estimate of drug-likeness (QED) is 0.845. The van der Waals surface area contributed by atoms with E-state index in [9.17, 15) is 14.0 Å². The maximum atomic E-state index is 13.3. The molecule has 1 atom stereocenters. The number of benzene rings is 1. The highest BCUT2D eigenvalue weighted by atomic mass is 19.1. The van der Waals surface area contributed by atoms with Crippen molar-refractivity contribution in [2.45, 2.75) is 19.5 Å². The predicted octanol–water partition coefficient (Wildman–Crippen LogP) is 0.373. The first-order valence-electron chi connectivity index (χ1n) is 8.27. The Morgan fingerprint density at radius 1 is 1.40 bits per heavy atom. The molecule has 3 rings (SSSR count). The van der Waals surface area contributed by atoms with Crippen LogP contribution < -0.4 is 10.9 Å². The van der Waals surface area contributed by atoms with Gasteiger partial charge in [0, 0.05) is 25.7 Å². The van der Waals surface area contributed by atoms with Crippen LogP contribution in [0.4, 0.5) is 4.39 Å². The summed E-state index contributed by atoms with van der Waals surface area (Å²) in [6, 6.07) is 3.78. The van der Waals surface area contributed by atoms with E-state index in [0.29, 0.717) is 18.7 Å². The molecule has 1 aliphatic heterocycles. The summed E-state index contributed by atoms with van der Waals surface area (Å²) >= 11 is 0. The van der Waals surface area contributed by atoms with Crippen LogP contribution in [-0.4, -0.2) is 59.2 Å². The molecule has 1 aliphatic rings. The largest absolute Gasteiger partial charge is 0.379 e. The minimum atomic E-state index is -0.507. The summed E-state index contributed by atoms with van der Waals surface area (Å²) in [7, 11) is 0. The van der Waals surface area contributed by atoms with E-state index < -0.39 is 11.4 Å². The van der Waals surface area contributed by atoms with Crippen molar-refractivity contribution in [2.75, 3.05) is 32.8 Å². The molecule has 0 saturated carbocycles. The Kier molecular flexibility index (Phi) is 5.40. The van der Waals surface area contributed by atoms with Gasteiger partial charge in [-0.1, -0.05) is 0 Å². The third-order valence-corrected chi connectivity index (χ3v) is 4.14. The third-order valence-electron chi connectivity index (χ3n) is 4.14. The molecule has 2 aromatic rings. The molecule has 0 unspecified atom stereocenters. The van der Waals surface area contributed by atoms with Crippen LogP contribution in [0.1, 0.15) is 6.92 Å². The molecule has 25 heavy (non-hydrogen) atoms. The van der Waals surface area contributed by atoms with Crippen LogP contribution >= 0.6 is 0 Å². The molecule has 0 bridgehead atoms. The van der Waals surface area contributed by atoms with Crippen LogP contribution in [0.2, 0.25) is 0 Å². The molecule has 0 spiro atoms. The summed E-state index contributed by atoms with van der Waals surface area (Å²) in [6.07, 6.45) is 1.31. The maximum Gasteiger partial charge on any atom is 0.261 e. The van der Waals surface area contributed by atoms with E-state index in [4.69, 9.17) is 4.74 Å². The lowest BCUT2D eigenvalue weighted by molar-refractivity contribution is -0.122. The van der Waals surface area contributed by atoms with Crippen molar-refractivity contribution >= 4 is 16.8 Å². The molecule has 1 fully saturated rings. The van der Waals surface area contributed by atoms with Crippen LogP contribution in [0, 0.1) is 5.82 Å². The first-order chi connectivity index (χ1) is 12.0. The third kappa shape index (κ3) is 4.40. The Labute approximate surface area is 144 Å². The summed E-state index contributed by atoms with van der Waals surface area (Å²) in [5, 5.41) is 3.04. The van der Waals surface area contributed by atoms with E-state index in [1.165, 1.54) is 23.0 Å². The van der Waals surface area contributed by atoms with Gasteiger partial charge in [0.2, 0.25) is 5.91 Å². The van der Waals surface area contributed by atoms with Gasteiger partial charge in [0.05, 0.1) is 30.4 Å². The number of ether oxygens (including phenoxy) is 1. The summed E-state index contributed by atoms with van der Waals surface area (Å²) in [6.45, 7) is 5.60. The van der Waals surface area contributed by atoms with Gasteiger partial charge < -0.3 is 10.1 Å². The lowest BCUT2D eigenvalue weighted by Crippen LogP contribution is -2.47. The number of nitrogens with one attached hydrogen (secondary N) is 1. The first kappa shape index (κ1) is 17.5. The Balaban J connectivity index is 1.63. The molecule has 7 nitrogen and oxygen atoms in total. The molecule has 0 aliphatic carbocycles. The maximum absolute atomic E-state index is 13.3. The molecule has 1 N–H and O–H groups in total. The highest BCUT2D eigenvalue weighted by molar-refractivity contribution is 5.79. The lowest BCUT2D eigenvalue weighted by Gasteiger charge is -2.29. The number of halogens is 1. The zero-order valence-electron chi connectivity index (χ0n) is 14.1. The smallest absolute Gasteiger partial charge is 0.261 e. The van der Waals surface area contributed by atoms with Crippen molar-refractivity contribution < 1.29 is 13.9 Å². The zero-order valence-corrected chi connectivity index (χ0v) is 14.1. The SMILES string of the molecule is C[C@H](CN1CCOCC1)NC(=O)Cn1cnc2ccc(F)cc2c1=O. The number of hydrogen-bond acceptors (Lipinski definition) is 5. The summed E-state index contributed by atoms with van der Waals surface area (Å²) in [4.78, 5) is 30.9. The number of nitrogens with zero attached hydrogens (tertiary/aromatic N) is 3. The fraction of sp³-hybridized carbons (Fsp3) is 0.471. The normalized spacial score (nSPS) is 16.7. The summed E-state index contributed by atoms with van der Waals surface area (Å²) in [5.41, 5.74) is -0.0239. The highest BCUT2D eigenvalue weighted by Crippen LogP contribution is 2.08. The average molecular weight is 348 g/mol. The second-order valence-electron chi connectivity index (χ2n) is 6.22. The van der Waals surface area contributed by atoms with Gasteiger partial charge >= 0.3 is 0 Å². The lowest BCUT2D eigenvalue weighted by atomic mass is 10.2. The van der Waals surface area contributed by atoms with E-state index in [-0.39, 0.29) is 23.9 Å². The molecular formula is C17H21FN4O3. The van der Waals surface area contributed by atoms with E-state index in [0.717, 1.165) is 25.7 Å². The second kappa shape index (κ2) is 7.71. The number of amides is 1. The van der Waals surface area contributed by atoms with Crippen LogP contribution in [0.25, 0.3) is 10.9 Å². The van der Waals surface area contributed by atoms with Crippen LogP contribution in [0.15, 0.2) is 29.3 Å². The van der Waals surface area contributed by atoms with Crippen LogP contribution in [0.3, 0.4) is 0 Å². The monoisotopic (exact) mass is 348 g/mol. The number of carbonyl (C=O) groups is 1. The topological polar surface area (TPSA) is 76.5 Å². The van der Waals surface area contributed by atoms with Gasteiger partial charge in [0.15, 0.2) is 0 Å². The number of morpholine rings is 1. The predicted molar refractivity (Wildman–Crippen MR) is 90.8 cm³/mol. The minimum absolute atomic E-state index is 0.0489. The van der Waals surface area contributed by atoms with E-state index >= 15 is 0 Å². The van der Waals surface area contributed by atoms with E-state index in [2.05, 4.69) is 15.2 Å². The second-order valence-corrected chi connectivity index (χ2v) is 6.22. The number of carbonyl (C=O) groups excluding carboxylic acids is 1. The molecule has 2 heterocycles. The molecular weight excluding hydrogens is 327 g/mol. The van der Waals surface area contributed by atoms with Crippen molar-refractivity contribution in [2.24, 2.45) is 0 Å². The fourth-order valence-electron chi connectivity index (χ4n) is 2.94. The molecule has 0 radical (unpaired) electrons. The van der Waals surface area contributed by atoms with Gasteiger partial charge in [0.1, 0.15) is 12.4 Å². The standard InChI is InChI=1S/C17H21FN4O3/c1-12(9-21-4-6-25-7-5-21)20-16(23)10-22-11-19-15-3-2-13(18)8-14(15)17(22)24/h2-3,8,11-12H,4-7,9-10H2,1H3,(H,20,23)/t12-/m1/s1. The average Bonchev–Trinajstić information content (AvgIpc) is 2.58. The van der Waals surface area contributed by atoms with Crippen molar-refractivity contribution in [3.63, 3.8) is 0 Å². The van der Waals surface area contributed by atoms with Gasteiger partial charge in [0.25, 0.3) is 5.56 Å². The Hall–Kier alpha value is -2.32. The zero-order chi connectivity index (χ0) is 17.8. The molecule has 1 aromatic carbocycles. The molecule has 1 amide bonds. The van der Waals surface area contributed by atoms with Gasteiger partial charge in [-0.15, -0.1) is 0 Å². The highest BCUT2D eigenvalue weighted by Gasteiger charge is 2.16.